The first-order chi connectivity index (χ1) is 8.67. The molecule has 0 radical (unpaired) electrons. The first kappa shape index (κ1) is 15.0. The van der Waals surface area contributed by atoms with E-state index in [4.69, 9.17) is 11.6 Å². The van der Waals surface area contributed by atoms with Gasteiger partial charge in [0.1, 0.15) is 0 Å². The van der Waals surface area contributed by atoms with Gasteiger partial charge in [0.15, 0.2) is 0 Å². The minimum absolute atomic E-state index is 0.0661. The van der Waals surface area contributed by atoms with Gasteiger partial charge in [-0.1, -0.05) is 37.6 Å². The number of nitrogens with one attached hydrogen (secondary N) is 2. The summed E-state index contributed by atoms with van der Waals surface area (Å²) < 4.78 is 0. The summed E-state index contributed by atoms with van der Waals surface area (Å²) in [6, 6.07) is 7.69. The lowest BCUT2D eigenvalue weighted by Gasteiger charge is -2.17. The second-order valence-corrected chi connectivity index (χ2v) is 4.62. The Morgan fingerprint density at radius 3 is 2.50 bits per heavy atom. The highest BCUT2D eigenvalue weighted by Gasteiger charge is 2.12. The Balaban J connectivity index is 2.51. The van der Waals surface area contributed by atoms with E-state index in [-0.39, 0.29) is 11.9 Å². The van der Waals surface area contributed by atoms with E-state index in [2.05, 4.69) is 17.6 Å². The minimum atomic E-state index is 0.0661. The molecule has 0 saturated carbocycles. The number of carbonyl (C=O) groups excluding carboxylic acids is 1. The van der Waals surface area contributed by atoms with E-state index in [9.17, 15) is 4.79 Å². The van der Waals surface area contributed by atoms with Crippen LogP contribution in [0.3, 0.4) is 0 Å². The van der Waals surface area contributed by atoms with Crippen molar-refractivity contribution in [1.29, 1.82) is 0 Å². The van der Waals surface area contributed by atoms with Gasteiger partial charge in [0, 0.05) is 18.0 Å². The summed E-state index contributed by atoms with van der Waals surface area (Å²) in [7, 11) is 0. The Hall–Kier alpha value is -1.06. The topological polar surface area (TPSA) is 41.1 Å². The Labute approximate surface area is 114 Å². The fourth-order valence-electron chi connectivity index (χ4n) is 1.76. The zero-order valence-corrected chi connectivity index (χ0v) is 11.8. The van der Waals surface area contributed by atoms with Gasteiger partial charge in [0.25, 0.3) is 0 Å². The van der Waals surface area contributed by atoms with Crippen LogP contribution in [-0.4, -0.2) is 19.0 Å². The van der Waals surface area contributed by atoms with Crippen molar-refractivity contribution in [2.24, 2.45) is 0 Å². The highest BCUT2D eigenvalue weighted by Crippen LogP contribution is 2.19. The monoisotopic (exact) mass is 268 g/mol. The third-order valence-corrected chi connectivity index (χ3v) is 3.05. The first-order valence-electron chi connectivity index (χ1n) is 6.42. The normalized spacial score (nSPS) is 12.2. The molecule has 0 aliphatic heterocycles. The third kappa shape index (κ3) is 5.07. The molecule has 1 aromatic carbocycles. The number of halogens is 1. The lowest BCUT2D eigenvalue weighted by atomic mass is 10.0. The van der Waals surface area contributed by atoms with Gasteiger partial charge in [0.2, 0.25) is 5.91 Å². The van der Waals surface area contributed by atoms with Gasteiger partial charge in [-0.25, -0.2) is 0 Å². The molecular weight excluding hydrogens is 248 g/mol. The molecule has 0 aromatic heterocycles. The predicted molar refractivity (Wildman–Crippen MR) is 75.8 cm³/mol. The number of amides is 1. The van der Waals surface area contributed by atoms with E-state index in [1.165, 1.54) is 0 Å². The maximum absolute atomic E-state index is 11.8. The Bertz CT molecular complexity index is 365. The quantitative estimate of drug-likeness (QED) is 0.747. The summed E-state index contributed by atoms with van der Waals surface area (Å²) in [4.78, 5) is 11.8. The van der Waals surface area contributed by atoms with Crippen LogP contribution in [0.4, 0.5) is 0 Å². The highest BCUT2D eigenvalue weighted by atomic mass is 35.5. The Morgan fingerprint density at radius 2 is 1.94 bits per heavy atom. The molecule has 0 spiro atoms. The zero-order chi connectivity index (χ0) is 13.4. The fourth-order valence-corrected chi connectivity index (χ4v) is 1.89. The molecule has 1 aromatic rings. The van der Waals surface area contributed by atoms with Crippen molar-refractivity contribution in [2.75, 3.05) is 13.1 Å². The van der Waals surface area contributed by atoms with Gasteiger partial charge < -0.3 is 10.6 Å². The molecule has 0 aliphatic carbocycles. The average molecular weight is 269 g/mol. The summed E-state index contributed by atoms with van der Waals surface area (Å²) in [6.07, 6.45) is 1.38. The SMILES string of the molecule is CCNCCC(=O)NC(CC)c1ccc(Cl)cc1. The summed E-state index contributed by atoms with van der Waals surface area (Å²) in [6.45, 7) is 5.70. The molecule has 4 heteroatoms. The van der Waals surface area contributed by atoms with E-state index >= 15 is 0 Å². The van der Waals surface area contributed by atoms with Gasteiger partial charge in [-0.05, 0) is 30.7 Å². The summed E-state index contributed by atoms with van der Waals surface area (Å²) in [5, 5.41) is 6.89. The van der Waals surface area contributed by atoms with Gasteiger partial charge in [-0.2, -0.15) is 0 Å². The van der Waals surface area contributed by atoms with Gasteiger partial charge in [0.05, 0.1) is 6.04 Å². The number of carbonyl (C=O) groups is 1. The molecule has 0 saturated heterocycles. The molecule has 3 nitrogen and oxygen atoms in total. The fraction of sp³-hybridized carbons (Fsp3) is 0.500. The lowest BCUT2D eigenvalue weighted by molar-refractivity contribution is -0.121. The van der Waals surface area contributed by atoms with Crippen LogP contribution in [-0.2, 0) is 4.79 Å². The van der Waals surface area contributed by atoms with Crippen molar-refractivity contribution >= 4 is 17.5 Å². The van der Waals surface area contributed by atoms with Crippen LogP contribution >= 0.6 is 11.6 Å². The van der Waals surface area contributed by atoms with Crippen LogP contribution in [0, 0.1) is 0 Å². The van der Waals surface area contributed by atoms with Gasteiger partial charge in [-0.15, -0.1) is 0 Å². The molecule has 1 amide bonds. The smallest absolute Gasteiger partial charge is 0.221 e. The molecule has 1 rings (SSSR count). The molecule has 100 valence electrons. The second kappa shape index (κ2) is 8.11. The molecule has 2 N–H and O–H groups in total. The van der Waals surface area contributed by atoms with E-state index in [0.29, 0.717) is 11.4 Å². The summed E-state index contributed by atoms with van der Waals surface area (Å²) in [5.41, 5.74) is 1.10. The molecule has 0 aliphatic rings. The van der Waals surface area contributed by atoms with E-state index in [1.54, 1.807) is 0 Å². The van der Waals surface area contributed by atoms with Crippen molar-refractivity contribution < 1.29 is 4.79 Å². The average Bonchev–Trinajstić information content (AvgIpc) is 2.37. The van der Waals surface area contributed by atoms with Crippen LogP contribution in [0.5, 0.6) is 0 Å². The molecule has 18 heavy (non-hydrogen) atoms. The Morgan fingerprint density at radius 1 is 1.28 bits per heavy atom. The van der Waals surface area contributed by atoms with Crippen molar-refractivity contribution in [2.45, 2.75) is 32.7 Å². The van der Waals surface area contributed by atoms with Crippen LogP contribution < -0.4 is 10.6 Å². The van der Waals surface area contributed by atoms with Crippen molar-refractivity contribution in [3.63, 3.8) is 0 Å². The van der Waals surface area contributed by atoms with E-state index < -0.39 is 0 Å². The predicted octanol–water partition coefficient (Wildman–Crippen LogP) is 2.91. The van der Waals surface area contributed by atoms with Crippen LogP contribution in [0.15, 0.2) is 24.3 Å². The van der Waals surface area contributed by atoms with E-state index in [0.717, 1.165) is 25.1 Å². The van der Waals surface area contributed by atoms with Crippen LogP contribution in [0.25, 0.3) is 0 Å². The maximum atomic E-state index is 11.8. The molecule has 1 unspecified atom stereocenters. The van der Waals surface area contributed by atoms with Crippen molar-refractivity contribution in [3.05, 3.63) is 34.9 Å². The second-order valence-electron chi connectivity index (χ2n) is 4.18. The third-order valence-electron chi connectivity index (χ3n) is 2.79. The molecule has 1 atom stereocenters. The number of benzene rings is 1. The summed E-state index contributed by atoms with van der Waals surface area (Å²) in [5.74, 6) is 0.0813. The maximum Gasteiger partial charge on any atom is 0.221 e. The lowest BCUT2D eigenvalue weighted by Crippen LogP contribution is -2.30. The largest absolute Gasteiger partial charge is 0.349 e. The number of hydrogen-bond donors (Lipinski definition) is 2. The van der Waals surface area contributed by atoms with Crippen LogP contribution in [0.2, 0.25) is 5.02 Å². The first-order valence-corrected chi connectivity index (χ1v) is 6.80. The Kier molecular flexibility index (Phi) is 6.76. The molecule has 0 bridgehead atoms. The number of hydrogen-bond acceptors (Lipinski definition) is 2. The van der Waals surface area contributed by atoms with Gasteiger partial charge in [-0.3, -0.25) is 4.79 Å². The standard InChI is InChI=1S/C14H21ClN2O/c1-3-13(11-5-7-12(15)8-6-11)17-14(18)9-10-16-4-2/h5-8,13,16H,3-4,9-10H2,1-2H3,(H,17,18). The molecule has 0 heterocycles. The van der Waals surface area contributed by atoms with E-state index in [1.807, 2.05) is 31.2 Å². The summed E-state index contributed by atoms with van der Waals surface area (Å²) >= 11 is 5.85. The highest BCUT2D eigenvalue weighted by molar-refractivity contribution is 6.30. The minimum Gasteiger partial charge on any atom is -0.349 e. The van der Waals surface area contributed by atoms with Crippen molar-refractivity contribution in [3.8, 4) is 0 Å². The van der Waals surface area contributed by atoms with Crippen molar-refractivity contribution in [1.82, 2.24) is 10.6 Å². The van der Waals surface area contributed by atoms with Gasteiger partial charge >= 0.3 is 0 Å². The number of rotatable bonds is 7. The molecular formula is C14H21ClN2O. The zero-order valence-electron chi connectivity index (χ0n) is 11.0. The van der Waals surface area contributed by atoms with Crippen LogP contribution in [0.1, 0.15) is 38.3 Å². The molecule has 0 fully saturated rings.